The Kier molecular flexibility index (Phi) is 3.31. The minimum Gasteiger partial charge on any atom is -0.458 e. The number of hydrogen-bond acceptors (Lipinski definition) is 2. The van der Waals surface area contributed by atoms with Crippen LogP contribution in [-0.2, 0) is 0 Å². The molecular weight excluding hydrogens is 330 g/mol. The van der Waals surface area contributed by atoms with Gasteiger partial charge in [0.2, 0.25) is 0 Å². The van der Waals surface area contributed by atoms with Gasteiger partial charge in [0.15, 0.2) is 0 Å². The van der Waals surface area contributed by atoms with Crippen LogP contribution in [0.25, 0.3) is 11.0 Å². The van der Waals surface area contributed by atoms with Gasteiger partial charge in [0.25, 0.3) is 0 Å². The summed E-state index contributed by atoms with van der Waals surface area (Å²) in [7, 11) is 0. The summed E-state index contributed by atoms with van der Waals surface area (Å²) in [6.45, 7) is 0. The molecule has 0 saturated carbocycles. The lowest BCUT2D eigenvalue weighted by Gasteiger charge is -2.10. The Bertz CT molecular complexity index is 726. The van der Waals surface area contributed by atoms with Gasteiger partial charge >= 0.3 is 0 Å². The van der Waals surface area contributed by atoms with Crippen LogP contribution in [0.1, 0.15) is 17.4 Å². The van der Waals surface area contributed by atoms with Crippen LogP contribution in [0.15, 0.2) is 51.4 Å². The van der Waals surface area contributed by atoms with E-state index in [9.17, 15) is 13.9 Å². The third-order valence-electron chi connectivity index (χ3n) is 3.03. The molecule has 1 aromatic heterocycles. The van der Waals surface area contributed by atoms with Crippen LogP contribution in [0.3, 0.4) is 0 Å². The summed E-state index contributed by atoms with van der Waals surface area (Å²) in [4.78, 5) is 0. The maximum absolute atomic E-state index is 13.8. The fraction of sp³-hybridized carbons (Fsp3) is 0.0667. The molecule has 0 spiro atoms. The lowest BCUT2D eigenvalue weighted by Crippen LogP contribution is -2.05. The van der Waals surface area contributed by atoms with Crippen molar-refractivity contribution in [1.82, 2.24) is 0 Å². The number of hydrogen-bond donors (Lipinski definition) is 1. The van der Waals surface area contributed by atoms with E-state index in [1.165, 1.54) is 0 Å². The third kappa shape index (κ3) is 2.23. The fourth-order valence-corrected chi connectivity index (χ4v) is 2.50. The second-order valence-electron chi connectivity index (χ2n) is 4.37. The SMILES string of the molecule is OC(c1cc2ccccc2o1)c1c(F)cc(Br)cc1F. The Balaban J connectivity index is 2.10. The summed E-state index contributed by atoms with van der Waals surface area (Å²) in [5.41, 5.74) is 0.131. The highest BCUT2D eigenvalue weighted by molar-refractivity contribution is 9.10. The lowest BCUT2D eigenvalue weighted by molar-refractivity contribution is 0.182. The summed E-state index contributed by atoms with van der Waals surface area (Å²) in [5, 5.41) is 10.9. The average molecular weight is 339 g/mol. The molecule has 0 radical (unpaired) electrons. The first-order chi connectivity index (χ1) is 9.56. The summed E-state index contributed by atoms with van der Waals surface area (Å²) in [5.74, 6) is -1.55. The Labute approximate surface area is 121 Å². The van der Waals surface area contributed by atoms with E-state index in [1.54, 1.807) is 24.3 Å². The molecule has 0 bridgehead atoms. The molecule has 1 unspecified atom stereocenters. The molecule has 0 aliphatic heterocycles. The van der Waals surface area contributed by atoms with Crippen molar-refractivity contribution in [3.63, 3.8) is 0 Å². The molecule has 5 heteroatoms. The number of halogens is 3. The molecule has 2 nitrogen and oxygen atoms in total. The maximum Gasteiger partial charge on any atom is 0.142 e. The average Bonchev–Trinajstić information content (AvgIpc) is 2.81. The molecule has 20 heavy (non-hydrogen) atoms. The Morgan fingerprint density at radius 2 is 1.70 bits per heavy atom. The Morgan fingerprint density at radius 1 is 1.05 bits per heavy atom. The largest absolute Gasteiger partial charge is 0.458 e. The zero-order valence-electron chi connectivity index (χ0n) is 10.1. The van der Waals surface area contributed by atoms with Gasteiger partial charge in [-0.15, -0.1) is 0 Å². The molecule has 3 rings (SSSR count). The van der Waals surface area contributed by atoms with E-state index in [1.807, 2.05) is 6.07 Å². The summed E-state index contributed by atoms with van der Waals surface area (Å²) in [6, 6.07) is 10.9. The van der Waals surface area contributed by atoms with E-state index in [0.29, 0.717) is 5.58 Å². The van der Waals surface area contributed by atoms with Gasteiger partial charge in [0, 0.05) is 9.86 Å². The summed E-state index contributed by atoms with van der Waals surface area (Å²) < 4.78 is 33.4. The highest BCUT2D eigenvalue weighted by atomic mass is 79.9. The topological polar surface area (TPSA) is 33.4 Å². The van der Waals surface area contributed by atoms with Crippen LogP contribution in [0.5, 0.6) is 0 Å². The number of rotatable bonds is 2. The van der Waals surface area contributed by atoms with Crippen molar-refractivity contribution in [1.29, 1.82) is 0 Å². The molecule has 1 N–H and O–H groups in total. The molecule has 0 aliphatic carbocycles. The van der Waals surface area contributed by atoms with Crippen molar-refractivity contribution in [2.24, 2.45) is 0 Å². The van der Waals surface area contributed by atoms with Gasteiger partial charge in [-0.05, 0) is 24.3 Å². The van der Waals surface area contributed by atoms with Crippen molar-refractivity contribution in [3.8, 4) is 0 Å². The van der Waals surface area contributed by atoms with Gasteiger partial charge in [0.1, 0.15) is 29.1 Å². The number of para-hydroxylation sites is 1. The van der Waals surface area contributed by atoms with Gasteiger partial charge in [-0.3, -0.25) is 0 Å². The zero-order chi connectivity index (χ0) is 14.3. The van der Waals surface area contributed by atoms with Gasteiger partial charge in [-0.1, -0.05) is 34.1 Å². The van der Waals surface area contributed by atoms with Gasteiger partial charge in [-0.2, -0.15) is 0 Å². The van der Waals surface area contributed by atoms with E-state index >= 15 is 0 Å². The number of benzene rings is 2. The quantitative estimate of drug-likeness (QED) is 0.743. The number of aliphatic hydroxyl groups is 1. The van der Waals surface area contributed by atoms with Crippen LogP contribution < -0.4 is 0 Å². The van der Waals surface area contributed by atoms with E-state index in [-0.39, 0.29) is 10.2 Å². The van der Waals surface area contributed by atoms with Crippen LogP contribution in [0.4, 0.5) is 8.78 Å². The zero-order valence-corrected chi connectivity index (χ0v) is 11.7. The third-order valence-corrected chi connectivity index (χ3v) is 3.49. The second kappa shape index (κ2) is 5.00. The smallest absolute Gasteiger partial charge is 0.142 e. The second-order valence-corrected chi connectivity index (χ2v) is 5.29. The Morgan fingerprint density at radius 3 is 2.35 bits per heavy atom. The van der Waals surface area contributed by atoms with Crippen molar-refractivity contribution in [3.05, 3.63) is 69.9 Å². The van der Waals surface area contributed by atoms with Crippen molar-refractivity contribution < 1.29 is 18.3 Å². The molecule has 0 amide bonds. The summed E-state index contributed by atoms with van der Waals surface area (Å²) in [6.07, 6.45) is -1.49. The number of aliphatic hydroxyl groups excluding tert-OH is 1. The molecular formula is C15H9BrF2O2. The van der Waals surface area contributed by atoms with Gasteiger partial charge in [0.05, 0.1) is 5.56 Å². The van der Waals surface area contributed by atoms with Crippen LogP contribution >= 0.6 is 15.9 Å². The molecule has 0 saturated heterocycles. The van der Waals surface area contributed by atoms with E-state index < -0.39 is 23.3 Å². The van der Waals surface area contributed by atoms with E-state index in [0.717, 1.165) is 17.5 Å². The predicted octanol–water partition coefficient (Wildman–Crippen LogP) is 4.56. The highest BCUT2D eigenvalue weighted by Gasteiger charge is 2.23. The summed E-state index contributed by atoms with van der Waals surface area (Å²) >= 11 is 3.00. The normalized spacial score (nSPS) is 12.8. The minimum absolute atomic E-state index is 0.103. The lowest BCUT2D eigenvalue weighted by atomic mass is 10.1. The van der Waals surface area contributed by atoms with Crippen molar-refractivity contribution >= 4 is 26.9 Å². The fourth-order valence-electron chi connectivity index (χ4n) is 2.09. The Hall–Kier alpha value is -1.72. The molecule has 102 valence electrons. The van der Waals surface area contributed by atoms with Gasteiger partial charge in [-0.25, -0.2) is 8.78 Å². The number of furan rings is 1. The van der Waals surface area contributed by atoms with Gasteiger partial charge < -0.3 is 9.52 Å². The van der Waals surface area contributed by atoms with Crippen LogP contribution in [0, 0.1) is 11.6 Å². The van der Waals surface area contributed by atoms with Crippen LogP contribution in [-0.4, -0.2) is 5.11 Å². The molecule has 3 aromatic rings. The first kappa shape index (κ1) is 13.3. The predicted molar refractivity (Wildman–Crippen MR) is 74.3 cm³/mol. The van der Waals surface area contributed by atoms with Crippen molar-refractivity contribution in [2.45, 2.75) is 6.10 Å². The van der Waals surface area contributed by atoms with E-state index in [2.05, 4.69) is 15.9 Å². The monoisotopic (exact) mass is 338 g/mol. The molecule has 1 atom stereocenters. The van der Waals surface area contributed by atoms with Crippen molar-refractivity contribution in [2.75, 3.05) is 0 Å². The molecule has 1 heterocycles. The first-order valence-corrected chi connectivity index (χ1v) is 6.66. The first-order valence-electron chi connectivity index (χ1n) is 5.87. The minimum atomic E-state index is -1.49. The molecule has 0 fully saturated rings. The molecule has 2 aromatic carbocycles. The number of fused-ring (bicyclic) bond motifs is 1. The standard InChI is InChI=1S/C15H9BrF2O2/c16-9-6-10(17)14(11(18)7-9)15(19)13-5-8-3-1-2-4-12(8)20-13/h1-7,15,19H. The van der Waals surface area contributed by atoms with E-state index in [4.69, 9.17) is 4.42 Å². The molecule has 0 aliphatic rings. The maximum atomic E-state index is 13.8. The van der Waals surface area contributed by atoms with Crippen LogP contribution in [0.2, 0.25) is 0 Å². The highest BCUT2D eigenvalue weighted by Crippen LogP contribution is 2.32.